The minimum absolute atomic E-state index is 0.282. The van der Waals surface area contributed by atoms with Crippen molar-refractivity contribution in [1.82, 2.24) is 4.90 Å². The van der Waals surface area contributed by atoms with Crippen LogP contribution < -0.4 is 0 Å². The molecule has 0 N–H and O–H groups in total. The molecule has 1 aliphatic rings. The van der Waals surface area contributed by atoms with Gasteiger partial charge in [0.1, 0.15) is 0 Å². The molecule has 0 aliphatic carbocycles. The van der Waals surface area contributed by atoms with Crippen LogP contribution >= 0.6 is 0 Å². The van der Waals surface area contributed by atoms with Crippen LogP contribution in [-0.2, 0) is 17.5 Å². The highest BCUT2D eigenvalue weighted by Gasteiger charge is 2.62. The Morgan fingerprint density at radius 3 is 2.17 bits per heavy atom. The Morgan fingerprint density at radius 2 is 1.67 bits per heavy atom. The van der Waals surface area contributed by atoms with E-state index < -0.39 is 56.5 Å². The molecule has 0 bridgehead atoms. The second-order valence-corrected chi connectivity index (χ2v) is 17.7. The van der Waals surface area contributed by atoms with E-state index in [-0.39, 0.29) is 6.61 Å². The zero-order valence-corrected chi connectivity index (χ0v) is 21.1. The van der Waals surface area contributed by atoms with Crippen molar-refractivity contribution in [2.24, 2.45) is 5.92 Å². The summed E-state index contributed by atoms with van der Waals surface area (Å²) in [4.78, 5) is 12.6. The molecule has 14 heteroatoms. The molecule has 5 nitrogen and oxygen atoms in total. The summed E-state index contributed by atoms with van der Waals surface area (Å²) in [7, 11) is -6.69. The Hall–Kier alpha value is -0.419. The normalized spacial score (nSPS) is 29.7. The molecule has 1 saturated heterocycles. The van der Waals surface area contributed by atoms with Crippen molar-refractivity contribution in [2.75, 3.05) is 19.8 Å². The van der Waals surface area contributed by atoms with Crippen molar-refractivity contribution in [2.45, 2.75) is 70.3 Å². The molecular formula is C16H31F6NO4Si3. The van der Waals surface area contributed by atoms with E-state index in [1.807, 2.05) is 13.5 Å². The lowest BCUT2D eigenvalue weighted by molar-refractivity contribution is -0.277. The summed E-state index contributed by atoms with van der Waals surface area (Å²) in [5.74, 6) is -6.13. The van der Waals surface area contributed by atoms with Crippen LogP contribution in [0.25, 0.3) is 0 Å². The summed E-state index contributed by atoms with van der Waals surface area (Å²) in [5.41, 5.74) is 0. The van der Waals surface area contributed by atoms with Gasteiger partial charge in [-0.15, -0.1) is 0 Å². The van der Waals surface area contributed by atoms with E-state index in [0.29, 0.717) is 17.4 Å². The maximum absolute atomic E-state index is 13.0. The summed E-state index contributed by atoms with van der Waals surface area (Å²) in [6.45, 7) is 7.71. The minimum Gasteiger partial charge on any atom is -0.439 e. The van der Waals surface area contributed by atoms with Gasteiger partial charge in [0, 0.05) is 13.7 Å². The van der Waals surface area contributed by atoms with Gasteiger partial charge in [0.15, 0.2) is 9.04 Å². The number of amides is 1. The summed E-state index contributed by atoms with van der Waals surface area (Å²) in [6, 6.07) is 1.57. The Morgan fingerprint density at radius 1 is 1.10 bits per heavy atom. The maximum atomic E-state index is 13.0. The first-order valence-corrected chi connectivity index (χ1v) is 17.4. The summed E-state index contributed by atoms with van der Waals surface area (Å²) in [6.07, 6.45) is -9.61. The fraction of sp³-hybridized carbons (Fsp3) is 0.938. The zero-order chi connectivity index (χ0) is 23.4. The van der Waals surface area contributed by atoms with Gasteiger partial charge in [-0.05, 0) is 38.2 Å². The number of hydrogen-bond acceptors (Lipinski definition) is 4. The number of carbonyl (C=O) groups is 1. The smallest absolute Gasteiger partial charge is 0.409 e. The van der Waals surface area contributed by atoms with Crippen LogP contribution in [0.3, 0.4) is 0 Å². The van der Waals surface area contributed by atoms with Crippen LogP contribution in [0.2, 0.25) is 31.7 Å². The lowest BCUT2D eigenvalue weighted by Gasteiger charge is -2.41. The highest BCUT2D eigenvalue weighted by atomic mass is 28.5. The van der Waals surface area contributed by atoms with E-state index >= 15 is 0 Å². The number of nitrogens with zero attached hydrogens (tertiary/aromatic N) is 1. The molecule has 0 aromatic rings. The molecule has 0 spiro atoms. The largest absolute Gasteiger partial charge is 0.439 e. The molecule has 3 atom stereocenters. The SMILES string of the molecule is CCC[Si]1(C)O[SiH](C)CCCCO[Si](C)(CN(C)C(=O)C(C(F)(F)F)C(F)(F)F)O1. The highest BCUT2D eigenvalue weighted by molar-refractivity contribution is 6.83. The number of hydrogen-bond donors (Lipinski definition) is 0. The van der Waals surface area contributed by atoms with Crippen molar-refractivity contribution in [3.8, 4) is 0 Å². The third kappa shape index (κ3) is 8.26. The molecule has 1 rings (SSSR count). The van der Waals surface area contributed by atoms with Crippen LogP contribution in [0.5, 0.6) is 0 Å². The second kappa shape index (κ2) is 10.5. The Bertz CT molecular complexity index is 568. The van der Waals surface area contributed by atoms with Crippen LogP contribution in [-0.4, -0.2) is 69.1 Å². The van der Waals surface area contributed by atoms with E-state index in [1.54, 1.807) is 6.55 Å². The number of rotatable bonds is 5. The molecule has 0 saturated carbocycles. The van der Waals surface area contributed by atoms with Crippen molar-refractivity contribution >= 4 is 32.1 Å². The fourth-order valence-electron chi connectivity index (χ4n) is 3.65. The molecule has 178 valence electrons. The standard InChI is InChI=1S/C16H31F6NO4Si3/c1-6-11-29(4)26-28(3)10-8-7-9-25-30(5,27-29)12-23(2)14(24)13(15(17,18)19)16(20,21)22/h13,28H,6-12H2,1-5H3. The fourth-order valence-corrected chi connectivity index (χ4v) is 16.6. The van der Waals surface area contributed by atoms with Gasteiger partial charge in [-0.25, -0.2) is 0 Å². The molecule has 30 heavy (non-hydrogen) atoms. The highest BCUT2D eigenvalue weighted by Crippen LogP contribution is 2.40. The first-order valence-electron chi connectivity index (χ1n) is 9.93. The monoisotopic (exact) mass is 499 g/mol. The lowest BCUT2D eigenvalue weighted by atomic mass is 10.1. The van der Waals surface area contributed by atoms with Gasteiger partial charge in [0.05, 0.1) is 6.17 Å². The molecule has 1 heterocycles. The predicted octanol–water partition coefficient (Wildman–Crippen LogP) is 4.48. The third-order valence-corrected chi connectivity index (χ3v) is 16.4. The van der Waals surface area contributed by atoms with E-state index in [9.17, 15) is 31.1 Å². The molecule has 3 unspecified atom stereocenters. The van der Waals surface area contributed by atoms with Gasteiger partial charge in [0.25, 0.3) is 0 Å². The molecule has 1 amide bonds. The maximum Gasteiger partial charge on any atom is 0.409 e. The van der Waals surface area contributed by atoms with E-state index in [2.05, 4.69) is 6.55 Å². The van der Waals surface area contributed by atoms with Gasteiger partial charge in [-0.2, -0.15) is 26.3 Å². The van der Waals surface area contributed by atoms with Crippen LogP contribution in [0.1, 0.15) is 26.2 Å². The average Bonchev–Trinajstić information content (AvgIpc) is 2.50. The van der Waals surface area contributed by atoms with Gasteiger partial charge >= 0.3 is 29.5 Å². The van der Waals surface area contributed by atoms with Crippen molar-refractivity contribution in [1.29, 1.82) is 0 Å². The van der Waals surface area contributed by atoms with Crippen LogP contribution in [0, 0.1) is 5.92 Å². The van der Waals surface area contributed by atoms with Gasteiger partial charge in [-0.3, -0.25) is 4.79 Å². The molecule has 1 fully saturated rings. The molecular weight excluding hydrogens is 468 g/mol. The summed E-state index contributed by atoms with van der Waals surface area (Å²) in [5, 5.41) is 0. The van der Waals surface area contributed by atoms with E-state index in [4.69, 9.17) is 12.7 Å². The van der Waals surface area contributed by atoms with Crippen LogP contribution in [0.4, 0.5) is 26.3 Å². The summed E-state index contributed by atoms with van der Waals surface area (Å²) >= 11 is 0. The van der Waals surface area contributed by atoms with Crippen molar-refractivity contribution in [3.05, 3.63) is 0 Å². The van der Waals surface area contributed by atoms with Crippen LogP contribution in [0.15, 0.2) is 0 Å². The molecule has 0 aromatic heterocycles. The Kier molecular flexibility index (Phi) is 9.63. The average molecular weight is 500 g/mol. The number of alkyl halides is 6. The van der Waals surface area contributed by atoms with Gasteiger partial charge in [0.2, 0.25) is 11.8 Å². The molecule has 0 aromatic carbocycles. The number of carbonyl (C=O) groups excluding carboxylic acids is 1. The molecule has 1 aliphatic heterocycles. The topological polar surface area (TPSA) is 48.0 Å². The minimum atomic E-state index is -5.74. The summed E-state index contributed by atoms with van der Waals surface area (Å²) < 4.78 is 96.2. The predicted molar refractivity (Wildman–Crippen MR) is 107 cm³/mol. The first-order chi connectivity index (χ1) is 13.5. The van der Waals surface area contributed by atoms with Gasteiger partial charge < -0.3 is 17.6 Å². The van der Waals surface area contributed by atoms with Crippen molar-refractivity contribution in [3.63, 3.8) is 0 Å². The quantitative estimate of drug-likeness (QED) is 0.414. The Balaban J connectivity index is 3.12. The van der Waals surface area contributed by atoms with E-state index in [1.165, 1.54) is 0 Å². The van der Waals surface area contributed by atoms with E-state index in [0.717, 1.165) is 25.9 Å². The van der Waals surface area contributed by atoms with Gasteiger partial charge in [-0.1, -0.05) is 19.8 Å². The Labute approximate surface area is 177 Å². The first kappa shape index (κ1) is 27.6. The lowest BCUT2D eigenvalue weighted by Crippen LogP contribution is -2.60. The number of halogens is 6. The third-order valence-electron chi connectivity index (χ3n) is 4.80. The zero-order valence-electron chi connectivity index (χ0n) is 18.0. The van der Waals surface area contributed by atoms with Crippen molar-refractivity contribution < 1.29 is 43.8 Å². The molecule has 0 radical (unpaired) electrons. The second-order valence-electron chi connectivity index (χ2n) is 8.10.